The Morgan fingerprint density at radius 2 is 0.476 bits per heavy atom. The molecule has 0 aromatic heterocycles. The second-order valence-electron chi connectivity index (χ2n) is 3.77. The van der Waals surface area contributed by atoms with Crippen molar-refractivity contribution in [1.29, 1.82) is 0 Å². The van der Waals surface area contributed by atoms with Gasteiger partial charge in [-0.25, -0.2) is 0 Å². The zero-order valence-electron chi connectivity index (χ0n) is 15.2. The van der Waals surface area contributed by atoms with Crippen LogP contribution in [0.1, 0.15) is 85.5 Å². The third-order valence-electron chi connectivity index (χ3n) is 1.41. The van der Waals surface area contributed by atoms with Crippen LogP contribution in [0.4, 0.5) is 0 Å². The number of hydrogen-bond donors (Lipinski definition) is 0. The van der Waals surface area contributed by atoms with E-state index in [1.54, 1.807) is 0 Å². The Morgan fingerprint density at radius 3 is 0.476 bits per heavy atom. The monoisotopic (exact) mass is 660 g/mol. The van der Waals surface area contributed by atoms with E-state index in [4.69, 9.17) is 0 Å². The Hall–Kier alpha value is 1.38. The quantitative estimate of drug-likeness (QED) is 0.274. The first kappa shape index (κ1) is 43.2. The summed E-state index contributed by atoms with van der Waals surface area (Å²) < 4.78 is 0. The van der Waals surface area contributed by atoms with Crippen LogP contribution in [0, 0.1) is 41.5 Å². The molecule has 0 fully saturated rings. The molecule has 2 heteroatoms. The van der Waals surface area contributed by atoms with Gasteiger partial charge < -0.3 is 48.0 Å². The van der Waals surface area contributed by atoms with Crippen LogP contribution in [0.3, 0.4) is 0 Å². The molecule has 0 N–H and O–H groups in total. The van der Waals surface area contributed by atoms with Gasteiger partial charge in [0.15, 0.2) is 0 Å². The maximum absolute atomic E-state index is 3.60. The summed E-state index contributed by atoms with van der Waals surface area (Å²) in [7, 11) is 0. The molecule has 21 heavy (non-hydrogen) atoms. The molecule has 0 spiro atoms. The summed E-state index contributed by atoms with van der Waals surface area (Å²) in [4.78, 5) is 0. The third kappa shape index (κ3) is 278. The molecular formula is C19H42Pt2-6. The summed E-state index contributed by atoms with van der Waals surface area (Å²) in [6, 6.07) is 0. The molecule has 0 aliphatic rings. The van der Waals surface area contributed by atoms with E-state index in [1.165, 1.54) is 25.7 Å². The molecule has 0 radical (unpaired) electrons. The fraction of sp³-hybridized carbons (Fsp3) is 0.684. The van der Waals surface area contributed by atoms with Crippen molar-refractivity contribution in [3.8, 4) is 0 Å². The molecule has 0 aliphatic heterocycles. The van der Waals surface area contributed by atoms with E-state index in [2.05, 4.69) is 69.2 Å². The maximum Gasteiger partial charge on any atom is 0 e. The molecule has 0 amide bonds. The summed E-state index contributed by atoms with van der Waals surface area (Å²) in [5.74, 6) is 0. The molecule has 0 aromatic rings. The van der Waals surface area contributed by atoms with Crippen molar-refractivity contribution in [1.82, 2.24) is 0 Å². The van der Waals surface area contributed by atoms with Gasteiger partial charge >= 0.3 is 0 Å². The van der Waals surface area contributed by atoms with Crippen molar-refractivity contribution in [2.75, 3.05) is 0 Å². The van der Waals surface area contributed by atoms with Crippen LogP contribution in [0.25, 0.3) is 0 Å². The van der Waals surface area contributed by atoms with Crippen LogP contribution in [-0.2, 0) is 42.1 Å². The Bertz CT molecular complexity index is 42.6. The zero-order chi connectivity index (χ0) is 16.4. The predicted octanol–water partition coefficient (Wildman–Crippen LogP) is 7.52. The third-order valence-corrected chi connectivity index (χ3v) is 1.41. The van der Waals surface area contributed by atoms with Gasteiger partial charge in [-0.3, -0.25) is 0 Å². The van der Waals surface area contributed by atoms with Gasteiger partial charge in [0.1, 0.15) is 0 Å². The number of hydrogen-bond acceptors (Lipinski definition) is 0. The average molecular weight is 661 g/mol. The van der Waals surface area contributed by atoms with Gasteiger partial charge in [-0.05, 0) is 0 Å². The van der Waals surface area contributed by atoms with Gasteiger partial charge in [-0.15, -0.1) is 0 Å². The number of rotatable bonds is 4. The summed E-state index contributed by atoms with van der Waals surface area (Å²) in [6.07, 6.45) is 9.86. The van der Waals surface area contributed by atoms with E-state index in [-0.39, 0.29) is 42.1 Å². The first-order chi connectivity index (χ1) is 9.07. The Balaban J connectivity index is -0.0000000229. The van der Waals surface area contributed by atoms with E-state index in [9.17, 15) is 0 Å². The van der Waals surface area contributed by atoms with E-state index < -0.39 is 0 Å². The van der Waals surface area contributed by atoms with E-state index in [0.29, 0.717) is 0 Å². The summed E-state index contributed by atoms with van der Waals surface area (Å²) in [5, 5.41) is 0. The van der Waals surface area contributed by atoms with Crippen LogP contribution in [-0.4, -0.2) is 0 Å². The molecule has 0 saturated carbocycles. The van der Waals surface area contributed by atoms with Crippen molar-refractivity contribution in [2.24, 2.45) is 0 Å². The van der Waals surface area contributed by atoms with Crippen molar-refractivity contribution in [3.05, 3.63) is 41.5 Å². The van der Waals surface area contributed by atoms with Gasteiger partial charge in [0.05, 0.1) is 0 Å². The van der Waals surface area contributed by atoms with E-state index in [1.807, 2.05) is 0 Å². The SMILES string of the molecule is [CH2-]CCC.[CH2-]CCC.[CH2-]CCC.[CH2-]CCC.[CH2-]C[CH2-].[Pt].[Pt]. The molecule has 0 bridgehead atoms. The van der Waals surface area contributed by atoms with Crippen molar-refractivity contribution < 1.29 is 42.1 Å². The van der Waals surface area contributed by atoms with Gasteiger partial charge in [-0.1, -0.05) is 53.4 Å². The van der Waals surface area contributed by atoms with Crippen molar-refractivity contribution in [3.63, 3.8) is 0 Å². The minimum absolute atomic E-state index is 0. The van der Waals surface area contributed by atoms with E-state index in [0.717, 1.165) is 32.1 Å². The molecule has 0 nitrogen and oxygen atoms in total. The minimum atomic E-state index is 0. The standard InChI is InChI=1S/4C4H9.C3H6.2Pt/c4*1-3-4-2;1-3-2;;/h4*1,3-4H2,2H3;1-3H2;;/q4*-1;-2;;. The van der Waals surface area contributed by atoms with Crippen LogP contribution in [0.15, 0.2) is 0 Å². The van der Waals surface area contributed by atoms with Gasteiger partial charge in [-0.2, -0.15) is 25.7 Å². The van der Waals surface area contributed by atoms with Gasteiger partial charge in [0.25, 0.3) is 0 Å². The predicted molar refractivity (Wildman–Crippen MR) is 96.4 cm³/mol. The van der Waals surface area contributed by atoms with E-state index >= 15 is 0 Å². The molecule has 0 aliphatic carbocycles. The molecule has 0 aromatic carbocycles. The maximum atomic E-state index is 3.60. The summed E-state index contributed by atoms with van der Waals surface area (Å²) in [6.45, 7) is 29.6. The largest absolute Gasteiger partial charge is 0.372 e. The summed E-state index contributed by atoms with van der Waals surface area (Å²) >= 11 is 0. The van der Waals surface area contributed by atoms with Crippen LogP contribution in [0.5, 0.6) is 0 Å². The second-order valence-corrected chi connectivity index (χ2v) is 3.77. The van der Waals surface area contributed by atoms with Gasteiger partial charge in [0.2, 0.25) is 0 Å². The zero-order valence-corrected chi connectivity index (χ0v) is 19.8. The van der Waals surface area contributed by atoms with Crippen molar-refractivity contribution in [2.45, 2.75) is 85.5 Å². The van der Waals surface area contributed by atoms with Crippen molar-refractivity contribution >= 4 is 0 Å². The normalized spacial score (nSPS) is 6.57. The molecule has 0 atom stereocenters. The van der Waals surface area contributed by atoms with Crippen LogP contribution in [0.2, 0.25) is 0 Å². The second kappa shape index (κ2) is 82.4. The molecule has 0 saturated heterocycles. The summed E-state index contributed by atoms with van der Waals surface area (Å²) in [5.41, 5.74) is 0. The fourth-order valence-corrected chi connectivity index (χ4v) is 0. The van der Waals surface area contributed by atoms with Crippen LogP contribution < -0.4 is 0 Å². The molecule has 0 heterocycles. The first-order valence-corrected chi connectivity index (χ1v) is 7.83. The topological polar surface area (TPSA) is 0 Å². The number of unbranched alkanes of at least 4 members (excludes halogenated alkanes) is 4. The minimum Gasteiger partial charge on any atom is -0.372 e. The Labute approximate surface area is 168 Å². The Kier molecular flexibility index (Phi) is 170. The average Bonchev–Trinajstić information content (AvgIpc) is 2.48. The molecule has 144 valence electrons. The molecular weight excluding hydrogens is 618 g/mol. The first-order valence-electron chi connectivity index (χ1n) is 7.83. The molecule has 0 rings (SSSR count). The molecule has 0 unspecified atom stereocenters. The van der Waals surface area contributed by atoms with Gasteiger partial charge in [0, 0.05) is 42.1 Å². The Morgan fingerprint density at radius 1 is 0.429 bits per heavy atom. The van der Waals surface area contributed by atoms with Crippen LogP contribution >= 0.6 is 0 Å². The smallest absolute Gasteiger partial charge is 0 e. The fourth-order valence-electron chi connectivity index (χ4n) is 0.